The summed E-state index contributed by atoms with van der Waals surface area (Å²) in [4.78, 5) is 0. The second-order valence-electron chi connectivity index (χ2n) is 2.77. The van der Waals surface area contributed by atoms with Crippen molar-refractivity contribution in [1.82, 2.24) is 0 Å². The number of nitrogens with zero attached hydrogens (tertiary/aromatic N) is 1. The van der Waals surface area contributed by atoms with Gasteiger partial charge in [0.15, 0.2) is 0 Å². The molecule has 2 heteroatoms. The molecular formula is C10H11NO. The molecule has 62 valence electrons. The molecule has 0 amide bonds. The van der Waals surface area contributed by atoms with Gasteiger partial charge in [-0.2, -0.15) is 5.26 Å². The van der Waals surface area contributed by atoms with E-state index in [0.29, 0.717) is 0 Å². The van der Waals surface area contributed by atoms with Crippen LogP contribution in [0.4, 0.5) is 0 Å². The summed E-state index contributed by atoms with van der Waals surface area (Å²) in [5.41, 5.74) is 0.992. The number of aliphatic hydroxyl groups excluding tert-OH is 1. The maximum atomic E-state index is 9.22. The molecule has 0 spiro atoms. The van der Waals surface area contributed by atoms with Gasteiger partial charge in [-0.1, -0.05) is 37.3 Å². The van der Waals surface area contributed by atoms with Gasteiger partial charge in [-0.15, -0.1) is 0 Å². The van der Waals surface area contributed by atoms with E-state index >= 15 is 0 Å². The van der Waals surface area contributed by atoms with E-state index in [-0.39, 0.29) is 5.92 Å². The van der Waals surface area contributed by atoms with Crippen LogP contribution in [0.5, 0.6) is 0 Å². The smallest absolute Gasteiger partial charge is 0.147 e. The van der Waals surface area contributed by atoms with Crippen LogP contribution in [-0.2, 0) is 0 Å². The molecule has 0 fully saturated rings. The molecule has 1 N–H and O–H groups in total. The number of rotatable bonds is 2. The molecule has 2 nitrogen and oxygen atoms in total. The highest BCUT2D eigenvalue weighted by Gasteiger charge is 2.14. The summed E-state index contributed by atoms with van der Waals surface area (Å²) in [7, 11) is 0. The standard InChI is InChI=1S/C10H11NO/c1-8(10(12)7-11)9-5-3-2-4-6-9/h2-6,8,10,12H,1H3/t8?,10-/m1/s1. The molecule has 1 aromatic rings. The molecule has 0 heterocycles. The number of benzene rings is 1. The molecule has 0 radical (unpaired) electrons. The fourth-order valence-corrected chi connectivity index (χ4v) is 1.05. The molecule has 0 bridgehead atoms. The zero-order valence-electron chi connectivity index (χ0n) is 6.94. The minimum Gasteiger partial charge on any atom is -0.378 e. The van der Waals surface area contributed by atoms with Gasteiger partial charge in [-0.25, -0.2) is 0 Å². The first kappa shape index (κ1) is 8.76. The number of hydrogen-bond donors (Lipinski definition) is 1. The SMILES string of the molecule is CC(c1ccccc1)[C@H](O)C#N. The molecule has 1 unspecified atom stereocenters. The minimum absolute atomic E-state index is 0.115. The third kappa shape index (κ3) is 1.84. The monoisotopic (exact) mass is 161 g/mol. The first-order valence-corrected chi connectivity index (χ1v) is 3.88. The van der Waals surface area contributed by atoms with Gasteiger partial charge < -0.3 is 5.11 Å². The molecule has 0 aliphatic rings. The molecule has 2 atom stereocenters. The molecular weight excluding hydrogens is 150 g/mol. The first-order chi connectivity index (χ1) is 5.75. The van der Waals surface area contributed by atoms with Crippen LogP contribution in [0.3, 0.4) is 0 Å². The summed E-state index contributed by atoms with van der Waals surface area (Å²) in [6.07, 6.45) is -0.910. The van der Waals surface area contributed by atoms with Gasteiger partial charge in [-0.3, -0.25) is 0 Å². The van der Waals surface area contributed by atoms with Crippen LogP contribution in [0.25, 0.3) is 0 Å². The normalized spacial score (nSPS) is 14.8. The quantitative estimate of drug-likeness (QED) is 0.670. The lowest BCUT2D eigenvalue weighted by atomic mass is 9.96. The molecule has 0 aliphatic heterocycles. The Kier molecular flexibility index (Phi) is 2.84. The summed E-state index contributed by atoms with van der Waals surface area (Å²) in [6.45, 7) is 1.84. The van der Waals surface area contributed by atoms with Crippen LogP contribution >= 0.6 is 0 Å². The largest absolute Gasteiger partial charge is 0.378 e. The summed E-state index contributed by atoms with van der Waals surface area (Å²) >= 11 is 0. The zero-order chi connectivity index (χ0) is 8.97. The molecule has 0 aliphatic carbocycles. The van der Waals surface area contributed by atoms with E-state index in [0.717, 1.165) is 5.56 Å². The lowest BCUT2D eigenvalue weighted by Crippen LogP contribution is -2.12. The van der Waals surface area contributed by atoms with Crippen molar-refractivity contribution in [2.45, 2.75) is 18.9 Å². The van der Waals surface area contributed by atoms with Gasteiger partial charge in [0.25, 0.3) is 0 Å². The van der Waals surface area contributed by atoms with Gasteiger partial charge in [0.05, 0.1) is 6.07 Å². The maximum absolute atomic E-state index is 9.22. The van der Waals surface area contributed by atoms with Crippen LogP contribution in [0, 0.1) is 11.3 Å². The topological polar surface area (TPSA) is 44.0 Å². The fourth-order valence-electron chi connectivity index (χ4n) is 1.05. The maximum Gasteiger partial charge on any atom is 0.147 e. The van der Waals surface area contributed by atoms with E-state index in [2.05, 4.69) is 0 Å². The number of nitriles is 1. The van der Waals surface area contributed by atoms with Crippen molar-refractivity contribution in [3.05, 3.63) is 35.9 Å². The highest BCUT2D eigenvalue weighted by Crippen LogP contribution is 2.17. The summed E-state index contributed by atoms with van der Waals surface area (Å²) in [5, 5.41) is 17.7. The van der Waals surface area contributed by atoms with Gasteiger partial charge >= 0.3 is 0 Å². The highest BCUT2D eigenvalue weighted by atomic mass is 16.3. The first-order valence-electron chi connectivity index (χ1n) is 3.88. The number of aliphatic hydroxyl groups is 1. The van der Waals surface area contributed by atoms with Crippen LogP contribution in [0.1, 0.15) is 18.4 Å². The van der Waals surface area contributed by atoms with E-state index in [9.17, 15) is 5.11 Å². The zero-order valence-corrected chi connectivity index (χ0v) is 6.94. The Morgan fingerprint density at radius 3 is 2.42 bits per heavy atom. The van der Waals surface area contributed by atoms with E-state index < -0.39 is 6.10 Å². The van der Waals surface area contributed by atoms with Crippen molar-refractivity contribution >= 4 is 0 Å². The van der Waals surface area contributed by atoms with Crippen LogP contribution in [0.2, 0.25) is 0 Å². The van der Waals surface area contributed by atoms with Crippen LogP contribution < -0.4 is 0 Å². The van der Waals surface area contributed by atoms with E-state index in [1.54, 1.807) is 0 Å². The molecule has 0 aromatic heterocycles. The molecule has 1 rings (SSSR count). The Bertz CT molecular complexity index is 276. The minimum atomic E-state index is -0.910. The fraction of sp³-hybridized carbons (Fsp3) is 0.300. The van der Waals surface area contributed by atoms with Crippen LogP contribution in [-0.4, -0.2) is 11.2 Å². The third-order valence-corrected chi connectivity index (χ3v) is 1.93. The van der Waals surface area contributed by atoms with Crippen LogP contribution in [0.15, 0.2) is 30.3 Å². The Morgan fingerprint density at radius 1 is 1.33 bits per heavy atom. The van der Waals surface area contributed by atoms with E-state index in [1.807, 2.05) is 43.3 Å². The molecule has 1 aromatic carbocycles. The predicted molar refractivity (Wildman–Crippen MR) is 46.5 cm³/mol. The summed E-state index contributed by atoms with van der Waals surface area (Å²) in [5.74, 6) is -0.115. The Labute approximate surface area is 72.1 Å². The van der Waals surface area contributed by atoms with Crippen molar-refractivity contribution in [2.24, 2.45) is 0 Å². The van der Waals surface area contributed by atoms with Crippen molar-refractivity contribution in [3.63, 3.8) is 0 Å². The lowest BCUT2D eigenvalue weighted by molar-refractivity contribution is 0.204. The Hall–Kier alpha value is -1.33. The Balaban J connectivity index is 2.80. The third-order valence-electron chi connectivity index (χ3n) is 1.93. The van der Waals surface area contributed by atoms with Crippen molar-refractivity contribution in [3.8, 4) is 6.07 Å². The van der Waals surface area contributed by atoms with Gasteiger partial charge in [0.2, 0.25) is 0 Å². The molecule has 12 heavy (non-hydrogen) atoms. The average Bonchev–Trinajstić information content (AvgIpc) is 2.17. The summed E-state index contributed by atoms with van der Waals surface area (Å²) in [6, 6.07) is 11.3. The van der Waals surface area contributed by atoms with Gasteiger partial charge in [0, 0.05) is 5.92 Å². The van der Waals surface area contributed by atoms with Gasteiger partial charge in [0.1, 0.15) is 6.10 Å². The highest BCUT2D eigenvalue weighted by molar-refractivity contribution is 5.21. The molecule has 0 saturated heterocycles. The van der Waals surface area contributed by atoms with Crippen molar-refractivity contribution in [1.29, 1.82) is 5.26 Å². The second kappa shape index (κ2) is 3.89. The van der Waals surface area contributed by atoms with E-state index in [4.69, 9.17) is 5.26 Å². The lowest BCUT2D eigenvalue weighted by Gasteiger charge is -2.11. The predicted octanol–water partition coefficient (Wildman–Crippen LogP) is 1.67. The Morgan fingerprint density at radius 2 is 1.92 bits per heavy atom. The van der Waals surface area contributed by atoms with E-state index in [1.165, 1.54) is 0 Å². The van der Waals surface area contributed by atoms with Crippen molar-refractivity contribution in [2.75, 3.05) is 0 Å². The molecule has 0 saturated carbocycles. The average molecular weight is 161 g/mol. The second-order valence-corrected chi connectivity index (χ2v) is 2.77. The number of hydrogen-bond acceptors (Lipinski definition) is 2. The summed E-state index contributed by atoms with van der Waals surface area (Å²) < 4.78 is 0. The van der Waals surface area contributed by atoms with Gasteiger partial charge in [-0.05, 0) is 5.56 Å². The van der Waals surface area contributed by atoms with Crippen molar-refractivity contribution < 1.29 is 5.11 Å².